The first-order chi connectivity index (χ1) is 15.8. The molecule has 2 aromatic rings. The fourth-order valence-electron chi connectivity index (χ4n) is 4.11. The summed E-state index contributed by atoms with van der Waals surface area (Å²) in [5.41, 5.74) is 3.02. The maximum absolute atomic E-state index is 13.1. The van der Waals surface area contributed by atoms with Crippen molar-refractivity contribution in [2.75, 3.05) is 36.5 Å². The van der Waals surface area contributed by atoms with E-state index in [4.69, 9.17) is 9.47 Å². The predicted molar refractivity (Wildman–Crippen MR) is 128 cm³/mol. The molecule has 178 valence electrons. The van der Waals surface area contributed by atoms with Crippen molar-refractivity contribution in [3.05, 3.63) is 42.0 Å². The molecule has 0 aromatic heterocycles. The average Bonchev–Trinajstić information content (AvgIpc) is 3.04. The minimum Gasteiger partial charge on any atom is -0.490 e. The summed E-state index contributed by atoms with van der Waals surface area (Å²) in [6, 6.07) is 9.39. The van der Waals surface area contributed by atoms with Gasteiger partial charge in [0, 0.05) is 37.0 Å². The van der Waals surface area contributed by atoms with Crippen molar-refractivity contribution in [3.63, 3.8) is 0 Å². The number of sulfonamides is 1. The average molecular weight is 474 g/mol. The molecule has 2 N–H and O–H groups in total. The number of anilines is 2. The number of amides is 1. The van der Waals surface area contributed by atoms with Gasteiger partial charge in [0.15, 0.2) is 11.5 Å². The summed E-state index contributed by atoms with van der Waals surface area (Å²) in [5, 5.41) is 2.89. The monoisotopic (exact) mass is 473 g/mol. The van der Waals surface area contributed by atoms with E-state index in [1.807, 2.05) is 32.0 Å². The highest BCUT2D eigenvalue weighted by Crippen LogP contribution is 2.33. The molecule has 8 nitrogen and oxygen atoms in total. The van der Waals surface area contributed by atoms with Gasteiger partial charge in [-0.05, 0) is 49.1 Å². The van der Waals surface area contributed by atoms with E-state index in [2.05, 4.69) is 21.9 Å². The summed E-state index contributed by atoms with van der Waals surface area (Å²) in [5.74, 6) is 0.243. The number of hydrogen-bond acceptors (Lipinski definition) is 6. The van der Waals surface area contributed by atoms with E-state index >= 15 is 0 Å². The third-order valence-electron chi connectivity index (χ3n) is 5.99. The second kappa shape index (κ2) is 9.61. The first kappa shape index (κ1) is 23.4. The molecule has 0 bridgehead atoms. The fourth-order valence-corrected chi connectivity index (χ4v) is 5.47. The van der Waals surface area contributed by atoms with E-state index in [0.29, 0.717) is 30.4 Å². The van der Waals surface area contributed by atoms with Gasteiger partial charge < -0.3 is 19.7 Å². The molecule has 2 aliphatic heterocycles. The molecule has 0 fully saturated rings. The van der Waals surface area contributed by atoms with Gasteiger partial charge in [0.1, 0.15) is 6.04 Å². The third-order valence-corrected chi connectivity index (χ3v) is 7.43. The van der Waals surface area contributed by atoms with Crippen LogP contribution < -0.4 is 24.4 Å². The number of nitrogens with zero attached hydrogens (tertiary/aromatic N) is 1. The van der Waals surface area contributed by atoms with Crippen LogP contribution in [0.1, 0.15) is 32.8 Å². The quantitative estimate of drug-likeness (QED) is 0.641. The summed E-state index contributed by atoms with van der Waals surface area (Å²) >= 11 is 0. The highest BCUT2D eigenvalue weighted by molar-refractivity contribution is 7.89. The number of carbonyl (C=O) groups excluding carboxylic acids is 1. The first-order valence-electron chi connectivity index (χ1n) is 11.4. The smallest absolute Gasteiger partial charge is 0.242 e. The molecule has 1 amide bonds. The van der Waals surface area contributed by atoms with Gasteiger partial charge in [-0.15, -0.1) is 0 Å². The number of benzene rings is 2. The minimum absolute atomic E-state index is 0.0290. The Morgan fingerprint density at radius 3 is 2.58 bits per heavy atom. The van der Waals surface area contributed by atoms with Gasteiger partial charge in [-0.3, -0.25) is 4.79 Å². The Labute approximate surface area is 195 Å². The fraction of sp³-hybridized carbons (Fsp3) is 0.458. The zero-order chi connectivity index (χ0) is 23.6. The lowest BCUT2D eigenvalue weighted by atomic mass is 10.0. The van der Waals surface area contributed by atoms with Crippen molar-refractivity contribution >= 4 is 27.3 Å². The summed E-state index contributed by atoms with van der Waals surface area (Å²) in [4.78, 5) is 15.4. The topological polar surface area (TPSA) is 97.0 Å². The van der Waals surface area contributed by atoms with Crippen LogP contribution in [0.4, 0.5) is 11.4 Å². The number of carbonyl (C=O) groups is 1. The Hall–Kier alpha value is -2.78. The Bertz CT molecular complexity index is 1130. The van der Waals surface area contributed by atoms with Crippen LogP contribution in [0.2, 0.25) is 0 Å². The van der Waals surface area contributed by atoms with E-state index in [1.165, 1.54) is 17.7 Å². The summed E-state index contributed by atoms with van der Waals surface area (Å²) < 4.78 is 40.0. The van der Waals surface area contributed by atoms with Crippen molar-refractivity contribution in [1.29, 1.82) is 0 Å². The maximum atomic E-state index is 13.1. The van der Waals surface area contributed by atoms with Crippen LogP contribution in [0.25, 0.3) is 0 Å². The highest BCUT2D eigenvalue weighted by Gasteiger charge is 2.30. The Kier molecular flexibility index (Phi) is 6.81. The predicted octanol–water partition coefficient (Wildman–Crippen LogP) is 3.17. The molecule has 0 saturated heterocycles. The lowest BCUT2D eigenvalue weighted by Crippen LogP contribution is -2.47. The lowest BCUT2D eigenvalue weighted by Gasteiger charge is -2.23. The SMILES string of the molecule is CCN1CCc2ccc(NC(=O)C(NS(=O)(=O)c3ccc4c(c3)OCCCO4)C(C)C)cc21. The van der Waals surface area contributed by atoms with Crippen LogP contribution >= 0.6 is 0 Å². The largest absolute Gasteiger partial charge is 0.490 e. The van der Waals surface area contributed by atoms with E-state index in [0.717, 1.165) is 31.6 Å². The van der Waals surface area contributed by atoms with E-state index < -0.39 is 22.0 Å². The van der Waals surface area contributed by atoms with Gasteiger partial charge in [-0.2, -0.15) is 4.72 Å². The zero-order valence-electron chi connectivity index (χ0n) is 19.3. The van der Waals surface area contributed by atoms with Gasteiger partial charge in [0.05, 0.1) is 18.1 Å². The zero-order valence-corrected chi connectivity index (χ0v) is 20.1. The molecule has 33 heavy (non-hydrogen) atoms. The number of rotatable bonds is 7. The van der Waals surface area contributed by atoms with Crippen molar-refractivity contribution in [2.45, 2.75) is 44.6 Å². The van der Waals surface area contributed by atoms with Crippen LogP contribution in [0.15, 0.2) is 41.3 Å². The first-order valence-corrected chi connectivity index (χ1v) is 12.9. The molecule has 2 aliphatic rings. The van der Waals surface area contributed by atoms with Crippen LogP contribution in [0, 0.1) is 5.92 Å². The molecule has 2 aromatic carbocycles. The normalized spacial score (nSPS) is 16.3. The molecule has 1 atom stereocenters. The van der Waals surface area contributed by atoms with Crippen molar-refractivity contribution in [1.82, 2.24) is 4.72 Å². The molecule has 0 radical (unpaired) electrons. The molecule has 4 rings (SSSR count). The second-order valence-electron chi connectivity index (χ2n) is 8.66. The van der Waals surface area contributed by atoms with Crippen molar-refractivity contribution in [2.24, 2.45) is 5.92 Å². The minimum atomic E-state index is -3.96. The molecular weight excluding hydrogens is 442 g/mol. The summed E-state index contributed by atoms with van der Waals surface area (Å²) in [6.07, 6.45) is 1.71. The van der Waals surface area contributed by atoms with Crippen molar-refractivity contribution in [3.8, 4) is 11.5 Å². The Balaban J connectivity index is 1.52. The summed E-state index contributed by atoms with van der Waals surface area (Å²) in [7, 11) is -3.96. The van der Waals surface area contributed by atoms with Gasteiger partial charge in [-0.1, -0.05) is 19.9 Å². The maximum Gasteiger partial charge on any atom is 0.242 e. The summed E-state index contributed by atoms with van der Waals surface area (Å²) in [6.45, 7) is 8.55. The lowest BCUT2D eigenvalue weighted by molar-refractivity contribution is -0.118. The number of nitrogens with one attached hydrogen (secondary N) is 2. The Morgan fingerprint density at radius 2 is 1.85 bits per heavy atom. The van der Waals surface area contributed by atoms with E-state index in [-0.39, 0.29) is 10.8 Å². The number of likely N-dealkylation sites (N-methyl/N-ethyl adjacent to an activating group) is 1. The molecule has 2 heterocycles. The van der Waals surface area contributed by atoms with Gasteiger partial charge >= 0.3 is 0 Å². The Morgan fingerprint density at radius 1 is 1.09 bits per heavy atom. The second-order valence-corrected chi connectivity index (χ2v) is 10.4. The van der Waals surface area contributed by atoms with E-state index in [9.17, 15) is 13.2 Å². The number of fused-ring (bicyclic) bond motifs is 2. The van der Waals surface area contributed by atoms with Gasteiger partial charge in [0.25, 0.3) is 0 Å². The van der Waals surface area contributed by atoms with Crippen LogP contribution in [0.5, 0.6) is 11.5 Å². The molecule has 9 heteroatoms. The van der Waals surface area contributed by atoms with Gasteiger partial charge in [-0.25, -0.2) is 8.42 Å². The van der Waals surface area contributed by atoms with Gasteiger partial charge in [0.2, 0.25) is 15.9 Å². The van der Waals surface area contributed by atoms with Crippen LogP contribution in [-0.2, 0) is 21.2 Å². The van der Waals surface area contributed by atoms with Crippen LogP contribution in [-0.4, -0.2) is 46.7 Å². The molecule has 0 spiro atoms. The standard InChI is InChI=1S/C24H31N3O5S/c1-4-27-11-10-17-6-7-18(14-20(17)27)25-24(28)23(16(2)3)26-33(29,30)19-8-9-21-22(15-19)32-13-5-12-31-21/h6-9,14-16,23,26H,4-5,10-13H2,1-3H3,(H,25,28). The molecule has 0 aliphatic carbocycles. The van der Waals surface area contributed by atoms with Crippen molar-refractivity contribution < 1.29 is 22.7 Å². The number of ether oxygens (including phenoxy) is 2. The third kappa shape index (κ3) is 5.09. The molecule has 0 saturated carbocycles. The van der Waals surface area contributed by atoms with Crippen LogP contribution in [0.3, 0.4) is 0 Å². The number of hydrogen-bond donors (Lipinski definition) is 2. The molecular formula is C24H31N3O5S. The molecule has 1 unspecified atom stereocenters. The highest BCUT2D eigenvalue weighted by atomic mass is 32.2. The van der Waals surface area contributed by atoms with E-state index in [1.54, 1.807) is 6.07 Å².